The van der Waals surface area contributed by atoms with Gasteiger partial charge in [0.15, 0.2) is 17.3 Å². The highest BCUT2D eigenvalue weighted by Crippen LogP contribution is 2.28. The van der Waals surface area contributed by atoms with Gasteiger partial charge in [-0.25, -0.2) is 4.39 Å². The third kappa shape index (κ3) is 3.14. The molecule has 0 amide bonds. The Kier molecular flexibility index (Phi) is 3.81. The molecule has 0 radical (unpaired) electrons. The summed E-state index contributed by atoms with van der Waals surface area (Å²) < 4.78 is 17.1. The van der Waals surface area contributed by atoms with Crippen LogP contribution in [0.4, 0.5) is 15.9 Å². The van der Waals surface area contributed by atoms with Crippen LogP contribution in [0.5, 0.6) is 0 Å². The molecule has 1 fully saturated rings. The normalized spacial score (nSPS) is 14.4. The molecular weight excluding hydrogens is 345 g/mol. The van der Waals surface area contributed by atoms with Crippen molar-refractivity contribution < 1.29 is 4.39 Å². The molecule has 1 N–H and O–H groups in total. The van der Waals surface area contributed by atoms with Gasteiger partial charge in [0.05, 0.1) is 11.9 Å². The van der Waals surface area contributed by atoms with Crippen molar-refractivity contribution in [2.45, 2.75) is 25.8 Å². The number of nitrogens with one attached hydrogen (secondary N) is 1. The third-order valence-corrected chi connectivity index (χ3v) is 4.92. The summed E-state index contributed by atoms with van der Waals surface area (Å²) in [6.45, 7) is 0.962. The first-order chi connectivity index (χ1) is 13.2. The van der Waals surface area contributed by atoms with Crippen LogP contribution in [0.2, 0.25) is 0 Å². The summed E-state index contributed by atoms with van der Waals surface area (Å²) in [5.74, 6) is 1.56. The Bertz CT molecular complexity index is 1100. The van der Waals surface area contributed by atoms with E-state index in [2.05, 4.69) is 25.7 Å². The highest BCUT2D eigenvalue weighted by atomic mass is 19.1. The van der Waals surface area contributed by atoms with E-state index in [0.717, 1.165) is 18.2 Å². The van der Waals surface area contributed by atoms with Crippen LogP contribution in [0.25, 0.3) is 17.0 Å². The maximum Gasteiger partial charge on any atom is 0.185 e. The fourth-order valence-corrected chi connectivity index (χ4v) is 3.28. The summed E-state index contributed by atoms with van der Waals surface area (Å²) in [5.41, 5.74) is 2.10. The van der Waals surface area contributed by atoms with E-state index in [0.29, 0.717) is 22.9 Å². The molecule has 0 bridgehead atoms. The lowest BCUT2D eigenvalue weighted by Crippen LogP contribution is -2.18. The molecule has 1 aliphatic rings. The van der Waals surface area contributed by atoms with Gasteiger partial charge in [-0.1, -0.05) is 18.6 Å². The lowest BCUT2D eigenvalue weighted by atomic mass is 9.85. The number of benzene rings is 1. The van der Waals surface area contributed by atoms with Crippen molar-refractivity contribution in [2.75, 3.05) is 5.32 Å². The number of fused-ring (bicyclic) bond motifs is 1. The van der Waals surface area contributed by atoms with Crippen LogP contribution in [-0.2, 0) is 6.54 Å². The zero-order valence-corrected chi connectivity index (χ0v) is 14.6. The molecule has 136 valence electrons. The molecule has 5 rings (SSSR count). The molecule has 0 unspecified atom stereocenters. The summed E-state index contributed by atoms with van der Waals surface area (Å²) in [4.78, 5) is 0. The predicted octanol–water partition coefficient (Wildman–Crippen LogP) is 3.67. The predicted molar refractivity (Wildman–Crippen MR) is 99.0 cm³/mol. The van der Waals surface area contributed by atoms with Crippen molar-refractivity contribution in [2.24, 2.45) is 5.92 Å². The molecule has 1 aliphatic carbocycles. The largest absolute Gasteiger partial charge is 0.336 e. The molecule has 0 saturated heterocycles. The molecule has 8 heteroatoms. The van der Waals surface area contributed by atoms with E-state index in [1.807, 2.05) is 23.0 Å². The van der Waals surface area contributed by atoms with E-state index in [-0.39, 0.29) is 5.82 Å². The van der Waals surface area contributed by atoms with Crippen molar-refractivity contribution in [1.29, 1.82) is 0 Å². The zero-order chi connectivity index (χ0) is 18.2. The quantitative estimate of drug-likeness (QED) is 0.586. The first kappa shape index (κ1) is 15.9. The molecule has 27 heavy (non-hydrogen) atoms. The molecule has 1 saturated carbocycles. The van der Waals surface area contributed by atoms with Crippen LogP contribution in [0.1, 0.15) is 19.3 Å². The van der Waals surface area contributed by atoms with Crippen LogP contribution in [0, 0.1) is 11.7 Å². The van der Waals surface area contributed by atoms with Crippen molar-refractivity contribution >= 4 is 17.2 Å². The van der Waals surface area contributed by atoms with Gasteiger partial charge in [0, 0.05) is 18.3 Å². The minimum atomic E-state index is -0.322. The van der Waals surface area contributed by atoms with E-state index in [1.54, 1.807) is 22.8 Å². The lowest BCUT2D eigenvalue weighted by Gasteiger charge is -2.24. The topological polar surface area (TPSA) is 72.9 Å². The van der Waals surface area contributed by atoms with Crippen LogP contribution >= 0.6 is 0 Å². The highest BCUT2D eigenvalue weighted by Gasteiger charge is 2.18. The Morgan fingerprint density at radius 2 is 2.07 bits per heavy atom. The van der Waals surface area contributed by atoms with Crippen LogP contribution < -0.4 is 5.32 Å². The van der Waals surface area contributed by atoms with Gasteiger partial charge in [0.2, 0.25) is 0 Å². The smallest absolute Gasteiger partial charge is 0.185 e. The Morgan fingerprint density at radius 3 is 2.89 bits per heavy atom. The Labute approximate surface area is 154 Å². The summed E-state index contributed by atoms with van der Waals surface area (Å²) in [6, 6.07) is 9.90. The molecule has 0 spiro atoms. The number of rotatable bonds is 5. The Hall–Kier alpha value is -3.29. The number of hydrogen-bond acceptors (Lipinski definition) is 5. The van der Waals surface area contributed by atoms with E-state index in [1.165, 1.54) is 31.4 Å². The van der Waals surface area contributed by atoms with E-state index >= 15 is 0 Å². The molecule has 0 aliphatic heterocycles. The molecule has 4 aromatic rings. The maximum absolute atomic E-state index is 13.5. The molecular formula is C19H18FN7. The third-order valence-electron chi connectivity index (χ3n) is 4.92. The van der Waals surface area contributed by atoms with Gasteiger partial charge in [-0.3, -0.25) is 4.68 Å². The fraction of sp³-hybridized carbons (Fsp3) is 0.263. The second kappa shape index (κ2) is 6.46. The summed E-state index contributed by atoms with van der Waals surface area (Å²) in [6.07, 6.45) is 7.69. The minimum absolute atomic E-state index is 0.322. The number of aromatic nitrogens is 6. The van der Waals surface area contributed by atoms with Gasteiger partial charge < -0.3 is 5.32 Å². The van der Waals surface area contributed by atoms with Crippen LogP contribution in [0.15, 0.2) is 48.8 Å². The molecule has 3 heterocycles. The Balaban J connectivity index is 1.41. The lowest BCUT2D eigenvalue weighted by molar-refractivity contribution is 0.266. The molecule has 1 aromatic carbocycles. The maximum atomic E-state index is 13.5. The van der Waals surface area contributed by atoms with Crippen molar-refractivity contribution in [3.05, 3.63) is 54.6 Å². The van der Waals surface area contributed by atoms with Gasteiger partial charge in [-0.2, -0.15) is 9.61 Å². The number of anilines is 2. The molecule has 0 atom stereocenters. The van der Waals surface area contributed by atoms with Gasteiger partial charge in [0.1, 0.15) is 5.82 Å². The van der Waals surface area contributed by atoms with E-state index in [9.17, 15) is 4.39 Å². The zero-order valence-electron chi connectivity index (χ0n) is 14.6. The standard InChI is InChI=1S/C19H18FN7/c20-15-6-2-5-14(9-15)19-24-23-18-8-7-17(25-27(18)19)22-16-10-21-26(12-16)11-13-3-1-4-13/h2,5-10,12-13H,1,3-4,11H2,(H,22,25). The SMILES string of the molecule is Fc1cccc(-c2nnc3ccc(Nc4cnn(CC5CCC5)c4)nn23)c1. The average molecular weight is 363 g/mol. The number of hydrogen-bond donors (Lipinski definition) is 1. The van der Waals surface area contributed by atoms with Crippen molar-refractivity contribution in [3.8, 4) is 11.4 Å². The van der Waals surface area contributed by atoms with Gasteiger partial charge >= 0.3 is 0 Å². The van der Waals surface area contributed by atoms with Crippen LogP contribution in [-0.4, -0.2) is 29.6 Å². The van der Waals surface area contributed by atoms with Crippen molar-refractivity contribution in [3.63, 3.8) is 0 Å². The van der Waals surface area contributed by atoms with E-state index in [4.69, 9.17) is 0 Å². The Morgan fingerprint density at radius 1 is 1.15 bits per heavy atom. The highest BCUT2D eigenvalue weighted by molar-refractivity contribution is 5.61. The average Bonchev–Trinajstić information content (AvgIpc) is 3.25. The van der Waals surface area contributed by atoms with Gasteiger partial charge in [0.25, 0.3) is 0 Å². The first-order valence-electron chi connectivity index (χ1n) is 9.02. The summed E-state index contributed by atoms with van der Waals surface area (Å²) in [7, 11) is 0. The first-order valence-corrected chi connectivity index (χ1v) is 9.02. The number of halogens is 1. The minimum Gasteiger partial charge on any atom is -0.336 e. The second-order valence-corrected chi connectivity index (χ2v) is 6.90. The number of nitrogens with zero attached hydrogens (tertiary/aromatic N) is 6. The summed E-state index contributed by atoms with van der Waals surface area (Å²) >= 11 is 0. The second-order valence-electron chi connectivity index (χ2n) is 6.90. The van der Waals surface area contributed by atoms with Crippen LogP contribution in [0.3, 0.4) is 0 Å². The fourth-order valence-electron chi connectivity index (χ4n) is 3.28. The summed E-state index contributed by atoms with van der Waals surface area (Å²) in [5, 5.41) is 20.5. The monoisotopic (exact) mass is 363 g/mol. The molecule has 7 nitrogen and oxygen atoms in total. The van der Waals surface area contributed by atoms with Gasteiger partial charge in [-0.05, 0) is 43.0 Å². The van der Waals surface area contributed by atoms with Gasteiger partial charge in [-0.15, -0.1) is 15.3 Å². The van der Waals surface area contributed by atoms with E-state index < -0.39 is 0 Å². The van der Waals surface area contributed by atoms with Crippen molar-refractivity contribution in [1.82, 2.24) is 29.6 Å². The molecule has 3 aromatic heterocycles.